The number of amides is 10. The number of hydrogen-bond acceptors (Lipinski definition) is 19. The number of aliphatic hydroxyl groups is 1. The molecule has 0 unspecified atom stereocenters. The van der Waals surface area contributed by atoms with Crippen LogP contribution in [0.15, 0.2) is 24.3 Å². The Bertz CT molecular complexity index is 3000. The van der Waals surface area contributed by atoms with Gasteiger partial charge in [-0.2, -0.15) is 0 Å². The molecule has 8 N–H and O–H groups in total. The van der Waals surface area contributed by atoms with E-state index in [0.29, 0.717) is 30.6 Å². The zero-order valence-corrected chi connectivity index (χ0v) is 58.0. The SMILES string of the molecule is CC[C@@H](C)[C@H]1NC(=O)[C@@H](NC(=O)[C@@H](CC(C)C)N(C)C(=O)[C@@H]2CCCN2C(=O)[C@H](C)OC(=O)[C@H](CCC(N)=O)NC(=O)[C@@H]2CCC(=O)N2)[C@H](C)OC(=O)[C@H](Cc2ccc(OC)cc2)N(C)C(=O)[C@@H]2CCCN2C(=O)[C@@H](CC(C)C)NC(=O)[C@@H](C)C(=O)[C@@H](C(C)C)OC(=O)C[C@H]1O. The summed E-state index contributed by atoms with van der Waals surface area (Å²) in [7, 11) is 4.17. The number of nitrogens with zero attached hydrogens (tertiary/aromatic N) is 4. The van der Waals surface area contributed by atoms with Crippen LogP contribution < -0.4 is 37.1 Å². The number of fused-ring (bicyclic) bond motifs is 1. The predicted molar refractivity (Wildman–Crippen MR) is 346 cm³/mol. The second kappa shape index (κ2) is 35.7. The first-order valence-corrected chi connectivity index (χ1v) is 33.5. The van der Waals surface area contributed by atoms with Crippen molar-refractivity contribution in [1.82, 2.24) is 46.2 Å². The van der Waals surface area contributed by atoms with Gasteiger partial charge in [-0.15, -0.1) is 0 Å². The van der Waals surface area contributed by atoms with Crippen molar-refractivity contribution in [3.05, 3.63) is 29.8 Å². The average molecular weight is 1350 g/mol. The number of cyclic esters (lactones) is 2. The first-order valence-electron chi connectivity index (χ1n) is 33.5. The zero-order chi connectivity index (χ0) is 71.7. The first-order chi connectivity index (χ1) is 45.1. The second-order valence-corrected chi connectivity index (χ2v) is 27.1. The number of ketones is 1. The molecule has 534 valence electrons. The van der Waals surface area contributed by atoms with Gasteiger partial charge in [-0.05, 0) is 114 Å². The van der Waals surface area contributed by atoms with Gasteiger partial charge >= 0.3 is 17.9 Å². The third-order valence-corrected chi connectivity index (χ3v) is 18.4. The monoisotopic (exact) mass is 1350 g/mol. The molecule has 0 aromatic heterocycles. The largest absolute Gasteiger partial charge is 0.497 e. The first kappa shape index (κ1) is 78.5. The average Bonchev–Trinajstić information content (AvgIpc) is 1.60. The molecule has 0 spiro atoms. The molecule has 15 atom stereocenters. The minimum atomic E-state index is -1.86. The smallest absolute Gasteiger partial charge is 0.329 e. The van der Waals surface area contributed by atoms with Crippen LogP contribution in [0.3, 0.4) is 0 Å². The van der Waals surface area contributed by atoms with Crippen LogP contribution in [-0.4, -0.2) is 221 Å². The molecule has 4 heterocycles. The Morgan fingerprint density at radius 2 is 1.49 bits per heavy atom. The van der Waals surface area contributed by atoms with Crippen LogP contribution in [0.25, 0.3) is 0 Å². The number of likely N-dealkylation sites (tertiary alicyclic amines) is 1. The van der Waals surface area contributed by atoms with Gasteiger partial charge in [0.2, 0.25) is 53.2 Å². The summed E-state index contributed by atoms with van der Waals surface area (Å²) in [6, 6.07) is -5.39. The fraction of sp³-hybridized carbons (Fsp3) is 0.701. The summed E-state index contributed by atoms with van der Waals surface area (Å²) in [5.41, 5.74) is 5.88. The summed E-state index contributed by atoms with van der Waals surface area (Å²) in [6.07, 6.45) is -6.48. The second-order valence-electron chi connectivity index (χ2n) is 27.1. The topological polar surface area (TPSA) is 395 Å². The molecule has 4 fully saturated rings. The number of carbonyl (C=O) groups is 14. The maximum atomic E-state index is 15.2. The normalized spacial score (nSPS) is 26.6. The number of Topliss-reactive ketones (excluding diaryl/α,β-unsaturated/α-hetero) is 1. The Morgan fingerprint density at radius 3 is 2.07 bits per heavy atom. The van der Waals surface area contributed by atoms with Gasteiger partial charge < -0.3 is 76.0 Å². The third-order valence-electron chi connectivity index (χ3n) is 18.4. The van der Waals surface area contributed by atoms with Crippen LogP contribution in [0.5, 0.6) is 5.75 Å². The fourth-order valence-corrected chi connectivity index (χ4v) is 12.4. The Morgan fingerprint density at radius 1 is 0.833 bits per heavy atom. The van der Waals surface area contributed by atoms with E-state index >= 15 is 19.2 Å². The van der Waals surface area contributed by atoms with Crippen LogP contribution in [0.4, 0.5) is 0 Å². The number of hydrogen-bond donors (Lipinski definition) is 7. The summed E-state index contributed by atoms with van der Waals surface area (Å²) in [4.78, 5) is 202. The third kappa shape index (κ3) is 20.9. The fourth-order valence-electron chi connectivity index (χ4n) is 12.4. The lowest BCUT2D eigenvalue weighted by Gasteiger charge is -2.36. The lowest BCUT2D eigenvalue weighted by atomic mass is 9.91. The maximum absolute atomic E-state index is 15.2. The number of carbonyl (C=O) groups excluding carboxylic acids is 14. The van der Waals surface area contributed by atoms with E-state index in [1.807, 2.05) is 13.8 Å². The molecular weight excluding hydrogens is 1250 g/mol. The maximum Gasteiger partial charge on any atom is 0.329 e. The van der Waals surface area contributed by atoms with Crippen LogP contribution in [-0.2, 0) is 87.8 Å². The molecule has 0 radical (unpaired) electrons. The number of primary amides is 1. The van der Waals surface area contributed by atoms with Crippen LogP contribution >= 0.6 is 0 Å². The minimum Gasteiger partial charge on any atom is -0.497 e. The van der Waals surface area contributed by atoms with Crippen molar-refractivity contribution in [3.63, 3.8) is 0 Å². The molecule has 4 saturated heterocycles. The number of esters is 3. The van der Waals surface area contributed by atoms with E-state index in [2.05, 4.69) is 26.6 Å². The van der Waals surface area contributed by atoms with E-state index in [4.69, 9.17) is 24.7 Å². The van der Waals surface area contributed by atoms with Crippen molar-refractivity contribution < 1.29 is 91.2 Å². The summed E-state index contributed by atoms with van der Waals surface area (Å²) >= 11 is 0. The van der Waals surface area contributed by atoms with Gasteiger partial charge in [0, 0.05) is 46.4 Å². The van der Waals surface area contributed by atoms with Gasteiger partial charge in [-0.3, -0.25) is 57.5 Å². The molecule has 0 aliphatic carbocycles. The predicted octanol–water partition coefficient (Wildman–Crippen LogP) is 0.896. The van der Waals surface area contributed by atoms with Crippen LogP contribution in [0.1, 0.15) is 159 Å². The lowest BCUT2D eigenvalue weighted by molar-refractivity contribution is -0.163. The molecule has 4 aliphatic rings. The van der Waals surface area contributed by atoms with E-state index in [-0.39, 0.29) is 88.6 Å². The molecule has 1 aromatic rings. The van der Waals surface area contributed by atoms with Crippen molar-refractivity contribution >= 4 is 82.8 Å². The van der Waals surface area contributed by atoms with Crippen molar-refractivity contribution in [3.8, 4) is 5.75 Å². The van der Waals surface area contributed by atoms with Gasteiger partial charge in [-0.25, -0.2) is 9.59 Å². The number of aliphatic hydroxyl groups excluding tert-OH is 1. The van der Waals surface area contributed by atoms with Crippen molar-refractivity contribution in [2.75, 3.05) is 34.3 Å². The van der Waals surface area contributed by atoms with Gasteiger partial charge in [0.15, 0.2) is 18.0 Å². The van der Waals surface area contributed by atoms with Gasteiger partial charge in [0.1, 0.15) is 60.2 Å². The number of rotatable bonds is 22. The van der Waals surface area contributed by atoms with E-state index in [9.17, 15) is 53.1 Å². The minimum absolute atomic E-state index is 0.0193. The number of benzene rings is 1. The van der Waals surface area contributed by atoms with Crippen molar-refractivity contribution in [2.45, 2.75) is 238 Å². The number of likely N-dealkylation sites (N-methyl/N-ethyl adjacent to an activating group) is 2. The van der Waals surface area contributed by atoms with Gasteiger partial charge in [-0.1, -0.05) is 73.9 Å². The molecule has 5 rings (SSSR count). The van der Waals surface area contributed by atoms with E-state index < -0.39 is 180 Å². The molecule has 29 heteroatoms. The highest BCUT2D eigenvalue weighted by Crippen LogP contribution is 2.28. The quantitative estimate of drug-likeness (QED) is 0.0482. The lowest BCUT2D eigenvalue weighted by Crippen LogP contribution is -2.62. The Labute approximate surface area is 561 Å². The van der Waals surface area contributed by atoms with Gasteiger partial charge in [0.05, 0.1) is 31.6 Å². The van der Waals surface area contributed by atoms with E-state index in [0.717, 1.165) is 9.80 Å². The highest BCUT2D eigenvalue weighted by Gasteiger charge is 2.47. The molecule has 0 saturated carbocycles. The standard InChI is InChI=1S/C67H102N10O19/c1-15-37(8)54-50(78)33-53(81)96-57(36(6)7)56(82)38(9)58(83)71-45(30-34(2)3)63(88)77-29-17-19-47(77)65(90)75(13)49(32-41-20-22-42(93-14)23-21-41)67(92)94-39(10)55(61(86)72-54)73-60(85)48(31-35(4)5)74(12)64(89)46-18-16-28-76(46)62(87)40(11)95-66(91)44(24-26-51(68)79)70-59(84)43-25-27-52(80)69-43/h20-23,34-40,43-50,54-55,57,78H,15-19,24-33H2,1-14H3,(H2,68,79)(H,69,80)(H,70,84)(H,71,83)(H,72,86)(H,73,85)/t37-,38+,39+,40+,43+,44+,45-,46+,47+,48-,49+,50-,54-,55+,57-/m1/s1. The van der Waals surface area contributed by atoms with E-state index in [1.54, 1.807) is 65.8 Å². The molecule has 96 heavy (non-hydrogen) atoms. The summed E-state index contributed by atoms with van der Waals surface area (Å²) in [5, 5.41) is 25.2. The molecule has 4 aliphatic heterocycles. The highest BCUT2D eigenvalue weighted by atomic mass is 16.6. The number of methoxy groups -OCH3 is 1. The Kier molecular flexibility index (Phi) is 29.1. The van der Waals surface area contributed by atoms with Crippen LogP contribution in [0.2, 0.25) is 0 Å². The number of ether oxygens (including phenoxy) is 4. The van der Waals surface area contributed by atoms with Crippen molar-refractivity contribution in [2.24, 2.45) is 35.3 Å². The van der Waals surface area contributed by atoms with Gasteiger partial charge in [0.25, 0.3) is 5.91 Å². The summed E-state index contributed by atoms with van der Waals surface area (Å²) in [6.45, 7) is 17.8. The zero-order valence-electron chi connectivity index (χ0n) is 58.0. The van der Waals surface area contributed by atoms with Crippen LogP contribution in [0, 0.1) is 29.6 Å². The molecule has 0 bridgehead atoms. The highest BCUT2D eigenvalue weighted by molar-refractivity contribution is 6.05. The summed E-state index contributed by atoms with van der Waals surface area (Å²) in [5.74, 6) is -14.2. The summed E-state index contributed by atoms with van der Waals surface area (Å²) < 4.78 is 22.9. The van der Waals surface area contributed by atoms with Crippen molar-refractivity contribution in [1.29, 1.82) is 0 Å². The molecule has 1 aromatic carbocycles. The number of nitrogens with one attached hydrogen (secondary N) is 5. The Balaban J connectivity index is 1.54. The molecule has 10 amide bonds. The van der Waals surface area contributed by atoms with E-state index in [1.165, 1.54) is 51.8 Å². The Hall–Kier alpha value is -8.24. The molecular formula is C67H102N10O19. The molecule has 29 nitrogen and oxygen atoms in total. The number of nitrogens with two attached hydrogens (primary N) is 1.